The standard InChI is InChI=1S/C12H14N2/c1-5-12-11(7-13)10(8(2)3)6-9(4)14-12/h5-6,8H,1H2,2-4H3. The third-order valence-electron chi connectivity index (χ3n) is 2.13. The lowest BCUT2D eigenvalue weighted by Gasteiger charge is -2.10. The maximum absolute atomic E-state index is 9.03. The first-order valence-corrected chi connectivity index (χ1v) is 4.64. The Morgan fingerprint density at radius 3 is 2.64 bits per heavy atom. The average Bonchev–Trinajstić information content (AvgIpc) is 2.16. The summed E-state index contributed by atoms with van der Waals surface area (Å²) in [6.07, 6.45) is 1.64. The largest absolute Gasteiger partial charge is 0.252 e. The SMILES string of the molecule is C=Cc1nc(C)cc(C(C)C)c1C#N. The number of hydrogen-bond acceptors (Lipinski definition) is 2. The van der Waals surface area contributed by atoms with Crippen molar-refractivity contribution in [1.82, 2.24) is 4.98 Å². The Morgan fingerprint density at radius 2 is 2.21 bits per heavy atom. The molecule has 0 unspecified atom stereocenters. The molecule has 0 bridgehead atoms. The molecule has 2 heteroatoms. The van der Waals surface area contributed by atoms with Gasteiger partial charge in [0.25, 0.3) is 0 Å². The van der Waals surface area contributed by atoms with Gasteiger partial charge in [0.1, 0.15) is 6.07 Å². The monoisotopic (exact) mass is 186 g/mol. The van der Waals surface area contributed by atoms with Crippen LogP contribution in [0.4, 0.5) is 0 Å². The van der Waals surface area contributed by atoms with Crippen LogP contribution >= 0.6 is 0 Å². The van der Waals surface area contributed by atoms with Crippen LogP contribution in [0.25, 0.3) is 6.08 Å². The molecule has 2 nitrogen and oxygen atoms in total. The molecule has 0 aliphatic carbocycles. The molecular weight excluding hydrogens is 172 g/mol. The first-order valence-electron chi connectivity index (χ1n) is 4.64. The maximum atomic E-state index is 9.03. The van der Waals surface area contributed by atoms with Crippen molar-refractivity contribution in [2.75, 3.05) is 0 Å². The minimum absolute atomic E-state index is 0.338. The lowest BCUT2D eigenvalue weighted by molar-refractivity contribution is 0.853. The van der Waals surface area contributed by atoms with Crippen LogP contribution in [0.5, 0.6) is 0 Å². The third kappa shape index (κ3) is 1.82. The van der Waals surface area contributed by atoms with Crippen molar-refractivity contribution in [3.63, 3.8) is 0 Å². The molecule has 1 aromatic heterocycles. The molecular formula is C12H14N2. The van der Waals surface area contributed by atoms with Gasteiger partial charge in [-0.05, 0) is 30.5 Å². The molecule has 72 valence electrons. The Hall–Kier alpha value is -1.62. The summed E-state index contributed by atoms with van der Waals surface area (Å²) < 4.78 is 0. The highest BCUT2D eigenvalue weighted by Gasteiger charge is 2.11. The minimum atomic E-state index is 0.338. The van der Waals surface area contributed by atoms with E-state index in [1.807, 2.05) is 13.0 Å². The summed E-state index contributed by atoms with van der Waals surface area (Å²) in [6, 6.07) is 4.16. The van der Waals surface area contributed by atoms with Crippen LogP contribution < -0.4 is 0 Å². The van der Waals surface area contributed by atoms with Gasteiger partial charge in [-0.3, -0.25) is 4.98 Å². The van der Waals surface area contributed by atoms with Gasteiger partial charge in [-0.2, -0.15) is 5.26 Å². The summed E-state index contributed by atoms with van der Waals surface area (Å²) in [5.41, 5.74) is 3.33. The van der Waals surface area contributed by atoms with E-state index in [1.165, 1.54) is 0 Å². The van der Waals surface area contributed by atoms with Gasteiger partial charge >= 0.3 is 0 Å². The van der Waals surface area contributed by atoms with Gasteiger partial charge in [-0.1, -0.05) is 20.4 Å². The summed E-state index contributed by atoms with van der Waals surface area (Å²) in [5.74, 6) is 0.338. The van der Waals surface area contributed by atoms with Crippen LogP contribution in [0, 0.1) is 18.3 Å². The van der Waals surface area contributed by atoms with E-state index in [1.54, 1.807) is 6.08 Å². The highest BCUT2D eigenvalue weighted by Crippen LogP contribution is 2.22. The summed E-state index contributed by atoms with van der Waals surface area (Å²) in [5, 5.41) is 9.03. The predicted molar refractivity (Wildman–Crippen MR) is 57.9 cm³/mol. The van der Waals surface area contributed by atoms with E-state index in [0.717, 1.165) is 11.3 Å². The number of hydrogen-bond donors (Lipinski definition) is 0. The van der Waals surface area contributed by atoms with E-state index in [4.69, 9.17) is 5.26 Å². The zero-order chi connectivity index (χ0) is 10.7. The lowest BCUT2D eigenvalue weighted by atomic mass is 9.96. The number of rotatable bonds is 2. The van der Waals surface area contributed by atoms with Crippen molar-refractivity contribution in [2.45, 2.75) is 26.7 Å². The fourth-order valence-electron chi connectivity index (χ4n) is 1.45. The quantitative estimate of drug-likeness (QED) is 0.711. The predicted octanol–water partition coefficient (Wildman–Crippen LogP) is 3.03. The van der Waals surface area contributed by atoms with Crippen molar-refractivity contribution in [1.29, 1.82) is 5.26 Å². The average molecular weight is 186 g/mol. The maximum Gasteiger partial charge on any atom is 0.102 e. The number of nitriles is 1. The van der Waals surface area contributed by atoms with Crippen molar-refractivity contribution in [2.24, 2.45) is 0 Å². The van der Waals surface area contributed by atoms with Crippen LogP contribution in [-0.2, 0) is 0 Å². The summed E-state index contributed by atoms with van der Waals surface area (Å²) >= 11 is 0. The Morgan fingerprint density at radius 1 is 1.57 bits per heavy atom. The normalized spacial score (nSPS) is 9.93. The number of aryl methyl sites for hydroxylation is 1. The van der Waals surface area contributed by atoms with Gasteiger partial charge in [0.15, 0.2) is 0 Å². The molecule has 0 aliphatic rings. The molecule has 0 aromatic carbocycles. The first-order chi connectivity index (χ1) is 6.60. The van der Waals surface area contributed by atoms with E-state index in [0.29, 0.717) is 17.2 Å². The van der Waals surface area contributed by atoms with Crippen LogP contribution in [0.2, 0.25) is 0 Å². The molecule has 0 spiro atoms. The highest BCUT2D eigenvalue weighted by atomic mass is 14.7. The molecule has 0 atom stereocenters. The molecule has 0 radical (unpaired) electrons. The molecule has 0 fully saturated rings. The minimum Gasteiger partial charge on any atom is -0.252 e. The first kappa shape index (κ1) is 10.5. The number of pyridine rings is 1. The molecule has 14 heavy (non-hydrogen) atoms. The molecule has 0 N–H and O–H groups in total. The summed E-state index contributed by atoms with van der Waals surface area (Å²) in [6.45, 7) is 9.74. The smallest absolute Gasteiger partial charge is 0.102 e. The van der Waals surface area contributed by atoms with Gasteiger partial charge in [0, 0.05) is 5.69 Å². The molecule has 0 aliphatic heterocycles. The van der Waals surface area contributed by atoms with E-state index in [2.05, 4.69) is 31.5 Å². The second kappa shape index (κ2) is 4.06. The second-order valence-electron chi connectivity index (χ2n) is 3.58. The van der Waals surface area contributed by atoms with Crippen molar-refractivity contribution in [3.8, 4) is 6.07 Å². The second-order valence-corrected chi connectivity index (χ2v) is 3.58. The summed E-state index contributed by atoms with van der Waals surface area (Å²) in [4.78, 5) is 4.26. The third-order valence-corrected chi connectivity index (χ3v) is 2.13. The van der Waals surface area contributed by atoms with E-state index in [-0.39, 0.29) is 0 Å². The zero-order valence-corrected chi connectivity index (χ0v) is 8.83. The van der Waals surface area contributed by atoms with Crippen LogP contribution in [0.1, 0.15) is 42.3 Å². The molecule has 1 aromatic rings. The Kier molecular flexibility index (Phi) is 3.03. The topological polar surface area (TPSA) is 36.7 Å². The zero-order valence-electron chi connectivity index (χ0n) is 8.83. The van der Waals surface area contributed by atoms with Gasteiger partial charge in [0.2, 0.25) is 0 Å². The molecule has 1 rings (SSSR count). The van der Waals surface area contributed by atoms with Crippen molar-refractivity contribution >= 4 is 6.08 Å². The van der Waals surface area contributed by atoms with Gasteiger partial charge in [-0.25, -0.2) is 0 Å². The fourth-order valence-corrected chi connectivity index (χ4v) is 1.45. The highest BCUT2D eigenvalue weighted by molar-refractivity contribution is 5.56. The Bertz CT molecular complexity index is 398. The van der Waals surface area contributed by atoms with Crippen LogP contribution in [0.15, 0.2) is 12.6 Å². The van der Waals surface area contributed by atoms with Gasteiger partial charge in [-0.15, -0.1) is 0 Å². The van der Waals surface area contributed by atoms with Crippen LogP contribution in [-0.4, -0.2) is 4.98 Å². The van der Waals surface area contributed by atoms with E-state index >= 15 is 0 Å². The molecule has 0 saturated carbocycles. The Labute approximate surface area is 84.9 Å². The van der Waals surface area contributed by atoms with Gasteiger partial charge < -0.3 is 0 Å². The van der Waals surface area contributed by atoms with Gasteiger partial charge in [0.05, 0.1) is 11.3 Å². The van der Waals surface area contributed by atoms with Crippen molar-refractivity contribution in [3.05, 3.63) is 35.2 Å². The summed E-state index contributed by atoms with van der Waals surface area (Å²) in [7, 11) is 0. The fraction of sp³-hybridized carbons (Fsp3) is 0.333. The van der Waals surface area contributed by atoms with Crippen LogP contribution in [0.3, 0.4) is 0 Å². The Balaban J connectivity index is 3.49. The number of aromatic nitrogens is 1. The molecule has 0 amide bonds. The lowest BCUT2D eigenvalue weighted by Crippen LogP contribution is -2.00. The van der Waals surface area contributed by atoms with Crippen molar-refractivity contribution < 1.29 is 0 Å². The van der Waals surface area contributed by atoms with E-state index in [9.17, 15) is 0 Å². The molecule has 0 saturated heterocycles. The molecule has 1 heterocycles. The van der Waals surface area contributed by atoms with E-state index < -0.39 is 0 Å². The number of nitrogens with zero attached hydrogens (tertiary/aromatic N) is 2.